The lowest BCUT2D eigenvalue weighted by atomic mass is 9.99. The van der Waals surface area contributed by atoms with E-state index in [-0.39, 0.29) is 18.3 Å². The smallest absolute Gasteiger partial charge is 0.260 e. The van der Waals surface area contributed by atoms with E-state index in [0.717, 1.165) is 46.8 Å². The lowest BCUT2D eigenvalue weighted by Crippen LogP contribution is -2.35. The molecule has 2 aliphatic heterocycles. The van der Waals surface area contributed by atoms with E-state index in [0.29, 0.717) is 24.7 Å². The third-order valence-electron chi connectivity index (χ3n) is 5.89. The first-order chi connectivity index (χ1) is 14.1. The summed E-state index contributed by atoms with van der Waals surface area (Å²) < 4.78 is 12.4. The molecule has 7 heteroatoms. The zero-order valence-electron chi connectivity index (χ0n) is 17.4. The van der Waals surface area contributed by atoms with Crippen molar-refractivity contribution < 1.29 is 14.3 Å². The zero-order chi connectivity index (χ0) is 20.4. The quantitative estimate of drug-likeness (QED) is 0.556. The SMILES string of the molecule is COc1ccc(N2Cc3cccc(Br)c3C2=O)cc1OCCN1CCC(C)CC1.Cl. The highest BCUT2D eigenvalue weighted by Gasteiger charge is 2.30. The summed E-state index contributed by atoms with van der Waals surface area (Å²) in [5.74, 6) is 2.20. The minimum atomic E-state index is 0. The van der Waals surface area contributed by atoms with Crippen LogP contribution in [-0.4, -0.2) is 44.2 Å². The lowest BCUT2D eigenvalue weighted by molar-refractivity contribution is 0.0996. The molecule has 0 atom stereocenters. The number of nitrogens with zero attached hydrogens (tertiary/aromatic N) is 2. The number of carbonyl (C=O) groups is 1. The van der Waals surface area contributed by atoms with Gasteiger partial charge in [0.2, 0.25) is 0 Å². The molecule has 0 N–H and O–H groups in total. The summed E-state index contributed by atoms with van der Waals surface area (Å²) in [6, 6.07) is 11.6. The summed E-state index contributed by atoms with van der Waals surface area (Å²) >= 11 is 3.50. The molecule has 0 bridgehead atoms. The Morgan fingerprint density at radius 3 is 2.60 bits per heavy atom. The number of likely N-dealkylation sites (tertiary alicyclic amines) is 1. The van der Waals surface area contributed by atoms with Crippen LogP contribution >= 0.6 is 28.3 Å². The van der Waals surface area contributed by atoms with Gasteiger partial charge in [-0.05, 0) is 71.5 Å². The fourth-order valence-corrected chi connectivity index (χ4v) is 4.62. The Kier molecular flexibility index (Phi) is 7.66. The van der Waals surface area contributed by atoms with Gasteiger partial charge in [-0.25, -0.2) is 0 Å². The largest absolute Gasteiger partial charge is 0.493 e. The molecular formula is C23H28BrClN2O3. The van der Waals surface area contributed by atoms with E-state index in [1.165, 1.54) is 12.8 Å². The van der Waals surface area contributed by atoms with Crippen LogP contribution in [0.1, 0.15) is 35.7 Å². The first-order valence-electron chi connectivity index (χ1n) is 10.2. The maximum Gasteiger partial charge on any atom is 0.260 e. The Balaban J connectivity index is 0.00000256. The van der Waals surface area contributed by atoms with Crippen molar-refractivity contribution in [1.82, 2.24) is 4.90 Å². The van der Waals surface area contributed by atoms with Crippen molar-refractivity contribution in [3.63, 3.8) is 0 Å². The molecule has 162 valence electrons. The fourth-order valence-electron chi connectivity index (χ4n) is 4.04. The Hall–Kier alpha value is -1.76. The van der Waals surface area contributed by atoms with Crippen LogP contribution in [-0.2, 0) is 6.54 Å². The molecule has 2 aliphatic rings. The second-order valence-electron chi connectivity index (χ2n) is 7.87. The van der Waals surface area contributed by atoms with Gasteiger partial charge in [-0.15, -0.1) is 12.4 Å². The first-order valence-corrected chi connectivity index (χ1v) is 11.0. The molecular weight excluding hydrogens is 468 g/mol. The number of ether oxygens (including phenoxy) is 2. The van der Waals surface area contributed by atoms with Gasteiger partial charge in [0.25, 0.3) is 5.91 Å². The molecule has 2 aromatic carbocycles. The van der Waals surface area contributed by atoms with Crippen LogP contribution in [0.4, 0.5) is 5.69 Å². The van der Waals surface area contributed by atoms with Crippen LogP contribution < -0.4 is 14.4 Å². The number of benzene rings is 2. The van der Waals surface area contributed by atoms with Gasteiger partial charge in [-0.2, -0.15) is 0 Å². The van der Waals surface area contributed by atoms with E-state index < -0.39 is 0 Å². The highest BCUT2D eigenvalue weighted by molar-refractivity contribution is 9.10. The van der Waals surface area contributed by atoms with E-state index in [4.69, 9.17) is 9.47 Å². The summed E-state index contributed by atoms with van der Waals surface area (Å²) in [7, 11) is 1.64. The number of halogens is 2. The molecule has 0 spiro atoms. The molecule has 0 aliphatic carbocycles. The predicted molar refractivity (Wildman–Crippen MR) is 125 cm³/mol. The molecule has 2 aromatic rings. The fraction of sp³-hybridized carbons (Fsp3) is 0.435. The van der Waals surface area contributed by atoms with Crippen LogP contribution in [0.5, 0.6) is 11.5 Å². The number of hydrogen-bond donors (Lipinski definition) is 0. The van der Waals surface area contributed by atoms with Crippen molar-refractivity contribution in [2.75, 3.05) is 38.3 Å². The Labute approximate surface area is 192 Å². The topological polar surface area (TPSA) is 42.0 Å². The average molecular weight is 496 g/mol. The molecule has 1 amide bonds. The zero-order valence-corrected chi connectivity index (χ0v) is 19.8. The maximum atomic E-state index is 12.9. The maximum absolute atomic E-state index is 12.9. The first kappa shape index (κ1) is 22.9. The van der Waals surface area contributed by atoms with Crippen LogP contribution in [0, 0.1) is 5.92 Å². The number of fused-ring (bicyclic) bond motifs is 1. The van der Waals surface area contributed by atoms with E-state index in [1.54, 1.807) is 12.0 Å². The van der Waals surface area contributed by atoms with E-state index >= 15 is 0 Å². The van der Waals surface area contributed by atoms with Gasteiger partial charge in [0, 0.05) is 22.8 Å². The molecule has 4 rings (SSSR count). The standard InChI is InChI=1S/C23H27BrN2O3.ClH/c1-16-8-10-25(11-9-16)12-13-29-21-14-18(6-7-20(21)28-2)26-15-17-4-3-5-19(24)22(17)23(26)27;/h3-7,14,16H,8-13,15H2,1-2H3;1H. The van der Waals surface area contributed by atoms with E-state index in [2.05, 4.69) is 27.8 Å². The normalized spacial score (nSPS) is 16.9. The van der Waals surface area contributed by atoms with Crippen molar-refractivity contribution in [1.29, 1.82) is 0 Å². The lowest BCUT2D eigenvalue weighted by Gasteiger charge is -2.30. The van der Waals surface area contributed by atoms with Gasteiger partial charge in [-0.3, -0.25) is 9.69 Å². The molecule has 5 nitrogen and oxygen atoms in total. The Bertz CT molecular complexity index is 900. The van der Waals surface area contributed by atoms with Crippen LogP contribution in [0.2, 0.25) is 0 Å². The van der Waals surface area contributed by atoms with Crippen molar-refractivity contribution in [3.8, 4) is 11.5 Å². The number of anilines is 1. The van der Waals surface area contributed by atoms with Gasteiger partial charge in [0.05, 0.1) is 19.2 Å². The monoisotopic (exact) mass is 494 g/mol. The number of carbonyl (C=O) groups excluding carboxylic acids is 1. The molecule has 0 aromatic heterocycles. The van der Waals surface area contributed by atoms with Crippen LogP contribution in [0.3, 0.4) is 0 Å². The van der Waals surface area contributed by atoms with E-state index in [9.17, 15) is 4.79 Å². The number of rotatable bonds is 6. The summed E-state index contributed by atoms with van der Waals surface area (Å²) in [5.41, 5.74) is 2.59. The second-order valence-corrected chi connectivity index (χ2v) is 8.73. The number of piperidine rings is 1. The number of hydrogen-bond acceptors (Lipinski definition) is 4. The van der Waals surface area contributed by atoms with Crippen molar-refractivity contribution in [2.24, 2.45) is 5.92 Å². The predicted octanol–water partition coefficient (Wildman–Crippen LogP) is 5.15. The third kappa shape index (κ3) is 4.76. The molecule has 0 saturated carbocycles. The summed E-state index contributed by atoms with van der Waals surface area (Å²) in [6.45, 7) is 6.66. The highest BCUT2D eigenvalue weighted by Crippen LogP contribution is 2.37. The number of methoxy groups -OCH3 is 1. The minimum absolute atomic E-state index is 0. The summed E-state index contributed by atoms with van der Waals surface area (Å²) in [4.78, 5) is 17.2. The summed E-state index contributed by atoms with van der Waals surface area (Å²) in [6.07, 6.45) is 2.51. The van der Waals surface area contributed by atoms with Gasteiger partial charge < -0.3 is 14.4 Å². The molecule has 2 heterocycles. The molecule has 1 saturated heterocycles. The molecule has 0 radical (unpaired) electrons. The van der Waals surface area contributed by atoms with Crippen molar-refractivity contribution in [2.45, 2.75) is 26.3 Å². The Morgan fingerprint density at radius 2 is 1.90 bits per heavy atom. The average Bonchev–Trinajstić information content (AvgIpc) is 3.07. The van der Waals surface area contributed by atoms with Crippen LogP contribution in [0.15, 0.2) is 40.9 Å². The highest BCUT2D eigenvalue weighted by atomic mass is 79.9. The van der Waals surface area contributed by atoms with Gasteiger partial charge in [0.15, 0.2) is 11.5 Å². The minimum Gasteiger partial charge on any atom is -0.493 e. The molecule has 0 unspecified atom stereocenters. The van der Waals surface area contributed by atoms with Gasteiger partial charge in [-0.1, -0.05) is 19.1 Å². The van der Waals surface area contributed by atoms with Gasteiger partial charge >= 0.3 is 0 Å². The van der Waals surface area contributed by atoms with Crippen molar-refractivity contribution in [3.05, 3.63) is 52.0 Å². The van der Waals surface area contributed by atoms with Crippen LogP contribution in [0.25, 0.3) is 0 Å². The second kappa shape index (κ2) is 10.0. The number of amides is 1. The van der Waals surface area contributed by atoms with Gasteiger partial charge in [0.1, 0.15) is 6.61 Å². The third-order valence-corrected chi connectivity index (χ3v) is 6.55. The van der Waals surface area contributed by atoms with Crippen molar-refractivity contribution >= 4 is 39.9 Å². The summed E-state index contributed by atoms with van der Waals surface area (Å²) in [5, 5.41) is 0. The molecule has 1 fully saturated rings. The molecule has 30 heavy (non-hydrogen) atoms. The Morgan fingerprint density at radius 1 is 1.13 bits per heavy atom. The van der Waals surface area contributed by atoms with E-state index in [1.807, 2.05) is 36.4 Å².